The molecule has 1 aromatic rings. The minimum atomic E-state index is -3.70. The molecule has 1 atom stereocenters. The minimum Gasteiger partial charge on any atom is -0.393 e. The summed E-state index contributed by atoms with van der Waals surface area (Å²) >= 11 is 0. The molecule has 0 saturated heterocycles. The molecule has 0 bridgehead atoms. The number of hydrogen-bond donors (Lipinski definition) is 2. The summed E-state index contributed by atoms with van der Waals surface area (Å²) in [5, 5.41) is 23.4. The van der Waals surface area contributed by atoms with Gasteiger partial charge < -0.3 is 10.4 Å². The maximum atomic E-state index is 11.7. The second kappa shape index (κ2) is 6.62. The van der Waals surface area contributed by atoms with Gasteiger partial charge in [0.2, 0.25) is 0 Å². The van der Waals surface area contributed by atoms with Crippen LogP contribution in [0.5, 0.6) is 0 Å². The Bertz CT molecular complexity index is 653. The Hall–Kier alpha value is -1.67. The van der Waals surface area contributed by atoms with Crippen LogP contribution in [0.2, 0.25) is 0 Å². The lowest BCUT2D eigenvalue weighted by Crippen LogP contribution is -2.27. The van der Waals surface area contributed by atoms with E-state index in [1.807, 2.05) is 13.8 Å². The van der Waals surface area contributed by atoms with Gasteiger partial charge in [0.25, 0.3) is 5.69 Å². The van der Waals surface area contributed by atoms with Crippen LogP contribution in [0.25, 0.3) is 0 Å². The van der Waals surface area contributed by atoms with Gasteiger partial charge in [-0.3, -0.25) is 10.1 Å². The first-order valence-corrected chi connectivity index (χ1v) is 8.72. The Morgan fingerprint density at radius 3 is 2.45 bits per heavy atom. The average molecular weight is 330 g/mol. The third kappa shape index (κ3) is 5.27. The summed E-state index contributed by atoms with van der Waals surface area (Å²) in [5.41, 5.74) is -0.151. The minimum absolute atomic E-state index is 0.207. The molecule has 0 aromatic heterocycles. The van der Waals surface area contributed by atoms with Crippen molar-refractivity contribution in [1.82, 2.24) is 0 Å². The van der Waals surface area contributed by atoms with Crippen molar-refractivity contribution in [3.63, 3.8) is 0 Å². The molecule has 0 heterocycles. The molecule has 1 unspecified atom stereocenters. The number of aliphatic hydroxyl groups excluding tert-OH is 1. The molecular weight excluding hydrogens is 308 g/mol. The Kier molecular flexibility index (Phi) is 5.53. The maximum Gasteiger partial charge on any atom is 0.288 e. The summed E-state index contributed by atoms with van der Waals surface area (Å²) in [6, 6.07) is 3.93. The van der Waals surface area contributed by atoms with E-state index in [0.29, 0.717) is 18.7 Å². The summed E-state index contributed by atoms with van der Waals surface area (Å²) in [6.07, 6.45) is 1.07. The first kappa shape index (κ1) is 18.4. The highest BCUT2D eigenvalue weighted by atomic mass is 32.2. The molecule has 22 heavy (non-hydrogen) atoms. The van der Waals surface area contributed by atoms with Crippen molar-refractivity contribution < 1.29 is 18.4 Å². The lowest BCUT2D eigenvalue weighted by atomic mass is 9.87. The molecule has 124 valence electrons. The summed E-state index contributed by atoms with van der Waals surface area (Å²) in [6.45, 7) is 6.14. The van der Waals surface area contributed by atoms with Crippen LogP contribution in [0.1, 0.15) is 27.2 Å². The van der Waals surface area contributed by atoms with Crippen molar-refractivity contribution in [3.05, 3.63) is 28.3 Å². The molecule has 0 radical (unpaired) electrons. The number of aliphatic hydroxyl groups is 1. The van der Waals surface area contributed by atoms with E-state index in [1.54, 1.807) is 6.92 Å². The summed E-state index contributed by atoms with van der Waals surface area (Å²) in [5.74, 6) is 0. The Balaban J connectivity index is 3.02. The van der Waals surface area contributed by atoms with Gasteiger partial charge in [0, 0.05) is 24.6 Å². The van der Waals surface area contributed by atoms with Crippen molar-refractivity contribution in [1.29, 1.82) is 0 Å². The van der Waals surface area contributed by atoms with Crippen molar-refractivity contribution in [2.75, 3.05) is 18.1 Å². The normalized spacial score (nSPS) is 13.7. The molecule has 7 nitrogen and oxygen atoms in total. The molecule has 2 N–H and O–H groups in total. The topological polar surface area (TPSA) is 110 Å². The van der Waals surface area contributed by atoms with E-state index >= 15 is 0 Å². The molecular formula is C14H22N2O5S. The van der Waals surface area contributed by atoms with Crippen LogP contribution in [-0.2, 0) is 9.84 Å². The Morgan fingerprint density at radius 2 is 2.00 bits per heavy atom. The molecule has 0 fully saturated rings. The van der Waals surface area contributed by atoms with Crippen LogP contribution in [0.15, 0.2) is 23.1 Å². The van der Waals surface area contributed by atoms with Crippen molar-refractivity contribution >= 4 is 21.2 Å². The van der Waals surface area contributed by atoms with E-state index < -0.39 is 26.6 Å². The van der Waals surface area contributed by atoms with Gasteiger partial charge in [-0.15, -0.1) is 0 Å². The molecule has 0 aliphatic rings. The first-order valence-electron chi connectivity index (χ1n) is 6.83. The summed E-state index contributed by atoms with van der Waals surface area (Å²) < 4.78 is 23.4. The van der Waals surface area contributed by atoms with Crippen LogP contribution in [0, 0.1) is 15.5 Å². The van der Waals surface area contributed by atoms with Crippen LogP contribution in [-0.4, -0.2) is 37.4 Å². The van der Waals surface area contributed by atoms with Gasteiger partial charge in [0.05, 0.1) is 11.0 Å². The zero-order valence-electron chi connectivity index (χ0n) is 13.2. The number of nitro benzene ring substituents is 1. The summed E-state index contributed by atoms with van der Waals surface area (Å²) in [7, 11) is -3.70. The zero-order valence-corrected chi connectivity index (χ0v) is 14.0. The van der Waals surface area contributed by atoms with E-state index in [-0.39, 0.29) is 10.3 Å². The highest BCUT2D eigenvalue weighted by Gasteiger charge is 2.24. The molecule has 0 spiro atoms. The fourth-order valence-electron chi connectivity index (χ4n) is 2.29. The largest absolute Gasteiger partial charge is 0.393 e. The predicted octanol–water partition coefficient (Wildman–Crippen LogP) is 2.21. The highest BCUT2D eigenvalue weighted by molar-refractivity contribution is 7.90. The number of nitro groups is 1. The average Bonchev–Trinajstić information content (AvgIpc) is 2.33. The third-order valence-corrected chi connectivity index (χ3v) is 4.30. The van der Waals surface area contributed by atoms with E-state index in [2.05, 4.69) is 5.32 Å². The molecule has 0 aliphatic carbocycles. The second-order valence-corrected chi connectivity index (χ2v) is 8.27. The molecule has 1 rings (SSSR count). The van der Waals surface area contributed by atoms with Gasteiger partial charge in [0.15, 0.2) is 9.84 Å². The van der Waals surface area contributed by atoms with Crippen LogP contribution in [0.3, 0.4) is 0 Å². The summed E-state index contributed by atoms with van der Waals surface area (Å²) in [4.78, 5) is 9.89. The monoisotopic (exact) mass is 330 g/mol. The third-order valence-electron chi connectivity index (χ3n) is 3.18. The SMILES string of the molecule is CC(O)CC(C)(C)CNc1ccc([N+](=O)[O-])c(S(C)(=O)=O)c1. The fraction of sp³-hybridized carbons (Fsp3) is 0.571. The fourth-order valence-corrected chi connectivity index (χ4v) is 3.15. The second-order valence-electron chi connectivity index (χ2n) is 6.28. The van der Waals surface area contributed by atoms with Crippen LogP contribution in [0.4, 0.5) is 11.4 Å². The smallest absolute Gasteiger partial charge is 0.288 e. The van der Waals surface area contributed by atoms with Gasteiger partial charge in [-0.1, -0.05) is 13.8 Å². The van der Waals surface area contributed by atoms with E-state index in [4.69, 9.17) is 0 Å². The van der Waals surface area contributed by atoms with Crippen molar-refractivity contribution in [3.8, 4) is 0 Å². The van der Waals surface area contributed by atoms with Gasteiger partial charge in [0.1, 0.15) is 4.90 Å². The molecule has 1 aromatic carbocycles. The van der Waals surface area contributed by atoms with Crippen molar-refractivity contribution in [2.24, 2.45) is 5.41 Å². The molecule has 0 amide bonds. The van der Waals surface area contributed by atoms with Crippen molar-refractivity contribution in [2.45, 2.75) is 38.2 Å². The molecule has 0 aliphatic heterocycles. The Morgan fingerprint density at radius 1 is 1.41 bits per heavy atom. The molecule has 0 saturated carbocycles. The number of nitrogens with one attached hydrogen (secondary N) is 1. The van der Waals surface area contributed by atoms with Gasteiger partial charge in [-0.05, 0) is 30.9 Å². The predicted molar refractivity (Wildman–Crippen MR) is 84.8 cm³/mol. The maximum absolute atomic E-state index is 11.7. The number of nitrogens with zero attached hydrogens (tertiary/aromatic N) is 1. The molecule has 8 heteroatoms. The van der Waals surface area contributed by atoms with Gasteiger partial charge in [-0.2, -0.15) is 0 Å². The van der Waals surface area contributed by atoms with E-state index in [9.17, 15) is 23.6 Å². The lowest BCUT2D eigenvalue weighted by Gasteiger charge is -2.27. The van der Waals surface area contributed by atoms with Gasteiger partial charge >= 0.3 is 0 Å². The standard InChI is InChI=1S/C14H22N2O5S/c1-10(17)8-14(2,3)9-15-11-5-6-12(16(18)19)13(7-11)22(4,20)21/h5-7,10,15,17H,8-9H2,1-4H3. The number of hydrogen-bond acceptors (Lipinski definition) is 6. The first-order chi connectivity index (χ1) is 9.92. The number of benzene rings is 1. The van der Waals surface area contributed by atoms with Crippen LogP contribution >= 0.6 is 0 Å². The van der Waals surface area contributed by atoms with E-state index in [1.165, 1.54) is 18.2 Å². The number of anilines is 1. The number of sulfone groups is 1. The Labute approximate surface area is 130 Å². The zero-order chi connectivity index (χ0) is 17.1. The van der Waals surface area contributed by atoms with E-state index in [0.717, 1.165) is 6.26 Å². The van der Waals surface area contributed by atoms with Gasteiger partial charge in [-0.25, -0.2) is 8.42 Å². The van der Waals surface area contributed by atoms with Crippen LogP contribution < -0.4 is 5.32 Å². The lowest BCUT2D eigenvalue weighted by molar-refractivity contribution is -0.387. The highest BCUT2D eigenvalue weighted by Crippen LogP contribution is 2.28. The quantitative estimate of drug-likeness (QED) is 0.586. The number of rotatable bonds is 7.